The number of carbonyl (C=O) groups excluding carboxylic acids is 1. The van der Waals surface area contributed by atoms with Gasteiger partial charge in [-0.15, -0.1) is 11.8 Å². The van der Waals surface area contributed by atoms with Gasteiger partial charge in [0.25, 0.3) is 5.91 Å². The molecule has 0 radical (unpaired) electrons. The van der Waals surface area contributed by atoms with Crippen LogP contribution < -0.4 is 10.0 Å². The number of hydrogen-bond acceptors (Lipinski definition) is 4. The zero-order valence-corrected chi connectivity index (χ0v) is 15.6. The highest BCUT2D eigenvalue weighted by Crippen LogP contribution is 2.22. The van der Waals surface area contributed by atoms with Crippen LogP contribution in [0, 0.1) is 13.8 Å². The Morgan fingerprint density at radius 3 is 2.25 bits per heavy atom. The number of benzene rings is 2. The molecule has 24 heavy (non-hydrogen) atoms. The zero-order valence-electron chi connectivity index (χ0n) is 14.0. The van der Waals surface area contributed by atoms with E-state index >= 15 is 0 Å². The summed E-state index contributed by atoms with van der Waals surface area (Å²) >= 11 is 1.62. The normalized spacial score (nSPS) is 11.3. The second kappa shape index (κ2) is 7.38. The van der Waals surface area contributed by atoms with Crippen LogP contribution in [0.15, 0.2) is 46.2 Å². The maximum Gasteiger partial charge on any atom is 0.255 e. The third kappa shape index (κ3) is 3.98. The minimum absolute atomic E-state index is 0.118. The van der Waals surface area contributed by atoms with Gasteiger partial charge in [-0.3, -0.25) is 4.79 Å². The molecule has 5 nitrogen and oxygen atoms in total. The summed E-state index contributed by atoms with van der Waals surface area (Å²) in [6.07, 6.45) is 1.98. The molecule has 128 valence electrons. The summed E-state index contributed by atoms with van der Waals surface area (Å²) in [4.78, 5) is 13.7. The lowest BCUT2D eigenvalue weighted by atomic mass is 10.1. The lowest BCUT2D eigenvalue weighted by Gasteiger charge is -2.12. The third-order valence-electron chi connectivity index (χ3n) is 3.79. The van der Waals surface area contributed by atoms with Gasteiger partial charge >= 0.3 is 0 Å². The largest absolute Gasteiger partial charge is 0.322 e. The number of sulfonamides is 1. The first-order valence-electron chi connectivity index (χ1n) is 7.28. The van der Waals surface area contributed by atoms with Gasteiger partial charge in [0, 0.05) is 16.1 Å². The fourth-order valence-corrected chi connectivity index (χ4v) is 3.70. The van der Waals surface area contributed by atoms with E-state index in [9.17, 15) is 13.2 Å². The lowest BCUT2D eigenvalue weighted by Crippen LogP contribution is -2.21. The molecule has 0 aliphatic carbocycles. The number of carbonyl (C=O) groups is 1. The monoisotopic (exact) mass is 364 g/mol. The summed E-state index contributed by atoms with van der Waals surface area (Å²) in [6.45, 7) is 3.51. The zero-order chi connectivity index (χ0) is 17.9. The molecular weight excluding hydrogens is 344 g/mol. The van der Waals surface area contributed by atoms with Crippen molar-refractivity contribution >= 4 is 33.4 Å². The van der Waals surface area contributed by atoms with Crippen LogP contribution in [0.1, 0.15) is 21.5 Å². The Labute approximate surface area is 146 Å². The highest BCUT2D eigenvalue weighted by Gasteiger charge is 2.19. The molecule has 2 rings (SSSR count). The molecule has 2 aromatic carbocycles. The number of rotatable bonds is 5. The third-order valence-corrected chi connectivity index (χ3v) is 6.07. The van der Waals surface area contributed by atoms with E-state index in [1.54, 1.807) is 31.7 Å². The molecule has 0 aliphatic heterocycles. The van der Waals surface area contributed by atoms with Crippen molar-refractivity contribution in [1.82, 2.24) is 4.72 Å². The molecule has 0 spiro atoms. The summed E-state index contributed by atoms with van der Waals surface area (Å²) in [5.41, 5.74) is 2.34. The highest BCUT2D eigenvalue weighted by molar-refractivity contribution is 7.98. The van der Waals surface area contributed by atoms with Crippen molar-refractivity contribution in [2.75, 3.05) is 18.6 Å². The summed E-state index contributed by atoms with van der Waals surface area (Å²) in [5.74, 6) is -0.345. The second-order valence-corrected chi connectivity index (χ2v) is 8.04. The van der Waals surface area contributed by atoms with Crippen molar-refractivity contribution in [2.24, 2.45) is 0 Å². The standard InChI is InChI=1S/C17H20N2O3S2/c1-11-9-13(10-16(12(11)2)24(21,22)18-3)17(20)19-14-5-7-15(23-4)8-6-14/h5-10,18H,1-4H3,(H,19,20). The molecule has 7 heteroatoms. The van der Waals surface area contributed by atoms with Crippen molar-refractivity contribution in [1.29, 1.82) is 0 Å². The van der Waals surface area contributed by atoms with Crippen molar-refractivity contribution < 1.29 is 13.2 Å². The summed E-state index contributed by atoms with van der Waals surface area (Å²) in [6, 6.07) is 10.6. The molecule has 0 fully saturated rings. The molecule has 1 amide bonds. The van der Waals surface area contributed by atoms with E-state index in [0.29, 0.717) is 16.8 Å². The smallest absolute Gasteiger partial charge is 0.255 e. The number of hydrogen-bond donors (Lipinski definition) is 2. The minimum Gasteiger partial charge on any atom is -0.322 e. The average molecular weight is 364 g/mol. The summed E-state index contributed by atoms with van der Waals surface area (Å²) in [5, 5.41) is 2.79. The maximum absolute atomic E-state index is 12.5. The van der Waals surface area contributed by atoms with E-state index in [4.69, 9.17) is 0 Å². The van der Waals surface area contributed by atoms with Crippen LogP contribution >= 0.6 is 11.8 Å². The quantitative estimate of drug-likeness (QED) is 0.799. The number of anilines is 1. The number of nitrogens with one attached hydrogen (secondary N) is 2. The van der Waals surface area contributed by atoms with Crippen LogP contribution in [0.4, 0.5) is 5.69 Å². The first-order chi connectivity index (χ1) is 11.3. The Morgan fingerprint density at radius 1 is 1.08 bits per heavy atom. The molecule has 0 bridgehead atoms. The Balaban J connectivity index is 2.35. The Morgan fingerprint density at radius 2 is 1.71 bits per heavy atom. The molecule has 0 saturated heterocycles. The SMILES string of the molecule is CNS(=O)(=O)c1cc(C(=O)Nc2ccc(SC)cc2)cc(C)c1C. The fourth-order valence-electron chi connectivity index (χ4n) is 2.22. The van der Waals surface area contributed by atoms with Crippen LogP contribution in [-0.4, -0.2) is 27.6 Å². The van der Waals surface area contributed by atoms with Crippen LogP contribution in [0.5, 0.6) is 0 Å². The number of aryl methyl sites for hydroxylation is 1. The van der Waals surface area contributed by atoms with Gasteiger partial charge in [0.15, 0.2) is 0 Å². The van der Waals surface area contributed by atoms with Gasteiger partial charge in [-0.05, 0) is 74.7 Å². The molecule has 0 saturated carbocycles. The lowest BCUT2D eigenvalue weighted by molar-refractivity contribution is 0.102. The van der Waals surface area contributed by atoms with Gasteiger partial charge in [0.1, 0.15) is 0 Å². The molecule has 0 unspecified atom stereocenters. The first-order valence-corrected chi connectivity index (χ1v) is 9.99. The average Bonchev–Trinajstić information content (AvgIpc) is 2.57. The molecule has 0 heterocycles. The Bertz CT molecular complexity index is 860. The van der Waals surface area contributed by atoms with Crippen molar-refractivity contribution in [2.45, 2.75) is 23.6 Å². The van der Waals surface area contributed by atoms with E-state index in [2.05, 4.69) is 10.0 Å². The van der Waals surface area contributed by atoms with E-state index in [1.807, 2.05) is 30.5 Å². The fraction of sp³-hybridized carbons (Fsp3) is 0.235. The number of thioether (sulfide) groups is 1. The van der Waals surface area contributed by atoms with E-state index in [1.165, 1.54) is 13.1 Å². The Kier molecular flexibility index (Phi) is 5.69. The Hall–Kier alpha value is -1.83. The second-order valence-electron chi connectivity index (χ2n) is 5.31. The van der Waals surface area contributed by atoms with Crippen molar-refractivity contribution in [3.63, 3.8) is 0 Å². The van der Waals surface area contributed by atoms with Gasteiger partial charge in [0.2, 0.25) is 10.0 Å². The van der Waals surface area contributed by atoms with E-state index < -0.39 is 10.0 Å². The highest BCUT2D eigenvalue weighted by atomic mass is 32.2. The first kappa shape index (κ1) is 18.5. The van der Waals surface area contributed by atoms with Gasteiger partial charge in [-0.25, -0.2) is 13.1 Å². The van der Waals surface area contributed by atoms with E-state index in [0.717, 1.165) is 10.5 Å². The van der Waals surface area contributed by atoms with Gasteiger partial charge in [-0.1, -0.05) is 0 Å². The van der Waals surface area contributed by atoms with Crippen molar-refractivity contribution in [3.05, 3.63) is 53.1 Å². The predicted molar refractivity (Wildman–Crippen MR) is 98.3 cm³/mol. The molecule has 2 N–H and O–H groups in total. The summed E-state index contributed by atoms with van der Waals surface area (Å²) < 4.78 is 26.6. The molecule has 2 aromatic rings. The molecule has 0 aliphatic rings. The number of amides is 1. The van der Waals surface area contributed by atoms with Crippen molar-refractivity contribution in [3.8, 4) is 0 Å². The maximum atomic E-state index is 12.5. The van der Waals surface area contributed by atoms with Gasteiger partial charge in [-0.2, -0.15) is 0 Å². The van der Waals surface area contributed by atoms with Gasteiger partial charge < -0.3 is 5.32 Å². The predicted octanol–water partition coefficient (Wildman–Crippen LogP) is 3.19. The van der Waals surface area contributed by atoms with Crippen LogP contribution in [0.2, 0.25) is 0 Å². The minimum atomic E-state index is -3.62. The molecular formula is C17H20N2O3S2. The van der Waals surface area contributed by atoms with Crippen LogP contribution in [0.3, 0.4) is 0 Å². The van der Waals surface area contributed by atoms with Gasteiger partial charge in [0.05, 0.1) is 4.90 Å². The topological polar surface area (TPSA) is 75.3 Å². The summed E-state index contributed by atoms with van der Waals surface area (Å²) in [7, 11) is -2.27. The van der Waals surface area contributed by atoms with Crippen LogP contribution in [-0.2, 0) is 10.0 Å². The molecule has 0 aromatic heterocycles. The van der Waals surface area contributed by atoms with Crippen LogP contribution in [0.25, 0.3) is 0 Å². The molecule has 0 atom stereocenters. The van der Waals surface area contributed by atoms with E-state index in [-0.39, 0.29) is 10.8 Å².